The van der Waals surface area contributed by atoms with Gasteiger partial charge in [0.15, 0.2) is 8.80 Å². The van der Waals surface area contributed by atoms with Crippen LogP contribution in [0.5, 0.6) is 0 Å². The summed E-state index contributed by atoms with van der Waals surface area (Å²) in [6.07, 6.45) is 3.88. The topological polar surface area (TPSA) is 0 Å². The van der Waals surface area contributed by atoms with E-state index < -0.39 is 8.80 Å². The van der Waals surface area contributed by atoms with Gasteiger partial charge in [-0.2, -0.15) is 0 Å². The summed E-state index contributed by atoms with van der Waals surface area (Å²) in [5, 5.41) is 1.42. The van der Waals surface area contributed by atoms with Crippen LogP contribution in [0.3, 0.4) is 0 Å². The Morgan fingerprint density at radius 2 is 1.92 bits per heavy atom. The zero-order chi connectivity index (χ0) is 9.52. The smallest absolute Gasteiger partial charge is 0.125 e. The first kappa shape index (κ1) is 9.82. The molecule has 1 unspecified atom stereocenters. The molecule has 0 fully saturated rings. The third-order valence-electron chi connectivity index (χ3n) is 1.85. The van der Waals surface area contributed by atoms with E-state index in [1.165, 1.54) is 5.19 Å². The molecule has 0 nitrogen and oxygen atoms in total. The molecule has 0 aliphatic heterocycles. The molecule has 0 aliphatic carbocycles. The molecule has 0 bridgehead atoms. The van der Waals surface area contributed by atoms with Gasteiger partial charge < -0.3 is 0 Å². The average Bonchev–Trinajstić information content (AvgIpc) is 2.19. The molecule has 0 aliphatic rings. The fourth-order valence-corrected chi connectivity index (χ4v) is 2.39. The lowest BCUT2D eigenvalue weighted by molar-refractivity contribution is 1.75. The summed E-state index contributed by atoms with van der Waals surface area (Å²) in [4.78, 5) is 0. The molecule has 0 heterocycles. The highest BCUT2D eigenvalue weighted by Crippen LogP contribution is 1.86. The Morgan fingerprint density at radius 1 is 1.23 bits per heavy atom. The molecule has 13 heavy (non-hydrogen) atoms. The minimum absolute atomic E-state index is 1.00. The van der Waals surface area contributed by atoms with Gasteiger partial charge >= 0.3 is 0 Å². The quantitative estimate of drug-likeness (QED) is 0.464. The second kappa shape index (κ2) is 5.39. The van der Waals surface area contributed by atoms with Gasteiger partial charge in [-0.3, -0.25) is 0 Å². The molecule has 0 saturated carbocycles. The van der Waals surface area contributed by atoms with Crippen LogP contribution in [-0.4, -0.2) is 8.80 Å². The van der Waals surface area contributed by atoms with E-state index in [0.29, 0.717) is 0 Å². The van der Waals surface area contributed by atoms with Crippen molar-refractivity contribution < 1.29 is 0 Å². The molecular weight excluding hydrogens is 172 g/mol. The molecule has 0 amide bonds. The van der Waals surface area contributed by atoms with Crippen molar-refractivity contribution in [3.05, 3.63) is 42.5 Å². The van der Waals surface area contributed by atoms with Gasteiger partial charge in [0.25, 0.3) is 0 Å². The van der Waals surface area contributed by atoms with Crippen LogP contribution in [0.1, 0.15) is 6.92 Å². The van der Waals surface area contributed by atoms with Crippen LogP contribution in [0.15, 0.2) is 42.5 Å². The number of hydrogen-bond acceptors (Lipinski definition) is 0. The zero-order valence-corrected chi connectivity index (χ0v) is 9.27. The molecule has 1 heteroatoms. The molecule has 0 radical (unpaired) electrons. The number of benzene rings is 1. The average molecular weight is 186 g/mol. The van der Waals surface area contributed by atoms with E-state index in [1.807, 2.05) is 25.1 Å². The Morgan fingerprint density at radius 3 is 2.54 bits per heavy atom. The van der Waals surface area contributed by atoms with Crippen LogP contribution in [0, 0.1) is 11.5 Å². The Bertz CT molecular complexity index is 327. The van der Waals surface area contributed by atoms with Gasteiger partial charge in [0.05, 0.1) is 0 Å². The summed E-state index contributed by atoms with van der Waals surface area (Å²) < 4.78 is 0. The van der Waals surface area contributed by atoms with Crippen LogP contribution < -0.4 is 5.19 Å². The lowest BCUT2D eigenvalue weighted by Crippen LogP contribution is -2.24. The van der Waals surface area contributed by atoms with Gasteiger partial charge in [0.2, 0.25) is 0 Å². The molecular formula is C12H14Si. The molecule has 0 N–H and O–H groups in total. The van der Waals surface area contributed by atoms with Crippen molar-refractivity contribution in [3.8, 4) is 11.5 Å². The van der Waals surface area contributed by atoms with E-state index in [4.69, 9.17) is 0 Å². The van der Waals surface area contributed by atoms with Gasteiger partial charge in [-0.25, -0.2) is 0 Å². The fourth-order valence-electron chi connectivity index (χ4n) is 1.08. The van der Waals surface area contributed by atoms with Gasteiger partial charge in [0, 0.05) is 0 Å². The van der Waals surface area contributed by atoms with E-state index in [9.17, 15) is 0 Å². The molecule has 66 valence electrons. The van der Waals surface area contributed by atoms with E-state index in [2.05, 4.69) is 42.3 Å². The maximum atomic E-state index is 3.30. The minimum Gasteiger partial charge on any atom is -0.125 e. The third kappa shape index (κ3) is 3.31. The first-order valence-electron chi connectivity index (χ1n) is 4.51. The van der Waals surface area contributed by atoms with E-state index in [0.717, 1.165) is 0 Å². The van der Waals surface area contributed by atoms with Crippen molar-refractivity contribution in [2.75, 3.05) is 0 Å². The Labute approximate surface area is 81.9 Å². The van der Waals surface area contributed by atoms with Gasteiger partial charge in [-0.15, -0.1) is 5.54 Å². The first-order valence-corrected chi connectivity index (χ1v) is 6.82. The van der Waals surface area contributed by atoms with E-state index >= 15 is 0 Å². The SMILES string of the molecule is CC=CC#C[SiH](C)c1ccccc1. The summed E-state index contributed by atoms with van der Waals surface area (Å²) in [5.74, 6) is 3.06. The summed E-state index contributed by atoms with van der Waals surface area (Å²) in [7, 11) is -1.00. The van der Waals surface area contributed by atoms with Crippen LogP contribution in [-0.2, 0) is 0 Å². The fraction of sp³-hybridized carbons (Fsp3) is 0.167. The molecule has 0 spiro atoms. The minimum atomic E-state index is -1.00. The first-order chi connectivity index (χ1) is 6.34. The maximum absolute atomic E-state index is 3.30. The summed E-state index contributed by atoms with van der Waals surface area (Å²) in [5.41, 5.74) is 3.30. The largest absolute Gasteiger partial charge is 0.150 e. The molecule has 1 rings (SSSR count). The van der Waals surface area contributed by atoms with Crippen molar-refractivity contribution in [1.29, 1.82) is 0 Å². The number of rotatable bonds is 1. The highest BCUT2D eigenvalue weighted by Gasteiger charge is 2.00. The molecule has 0 aromatic heterocycles. The van der Waals surface area contributed by atoms with Crippen LogP contribution in [0.2, 0.25) is 6.55 Å². The van der Waals surface area contributed by atoms with Crippen LogP contribution in [0.25, 0.3) is 0 Å². The Hall–Kier alpha value is -1.26. The van der Waals surface area contributed by atoms with Crippen molar-refractivity contribution in [1.82, 2.24) is 0 Å². The molecule has 1 aromatic rings. The number of allylic oxidation sites excluding steroid dienone is 2. The lowest BCUT2D eigenvalue weighted by Gasteiger charge is -1.99. The van der Waals surface area contributed by atoms with Gasteiger partial charge in [0.1, 0.15) is 0 Å². The summed E-state index contributed by atoms with van der Waals surface area (Å²) >= 11 is 0. The number of hydrogen-bond donors (Lipinski definition) is 0. The van der Waals surface area contributed by atoms with Crippen LogP contribution in [0.4, 0.5) is 0 Å². The third-order valence-corrected chi connectivity index (χ3v) is 3.83. The van der Waals surface area contributed by atoms with Crippen LogP contribution >= 0.6 is 0 Å². The Kier molecular flexibility index (Phi) is 4.08. The molecule has 1 aromatic carbocycles. The van der Waals surface area contributed by atoms with E-state index in [1.54, 1.807) is 0 Å². The van der Waals surface area contributed by atoms with Gasteiger partial charge in [-0.05, 0) is 18.2 Å². The predicted octanol–water partition coefficient (Wildman–Crippen LogP) is 1.87. The van der Waals surface area contributed by atoms with Crippen molar-refractivity contribution in [2.45, 2.75) is 13.5 Å². The van der Waals surface area contributed by atoms with Crippen molar-refractivity contribution >= 4 is 14.0 Å². The second-order valence-corrected chi connectivity index (χ2v) is 5.32. The highest BCUT2D eigenvalue weighted by molar-refractivity contribution is 6.79. The Balaban J connectivity index is 2.71. The highest BCUT2D eigenvalue weighted by atomic mass is 28.3. The second-order valence-electron chi connectivity index (χ2n) is 2.92. The van der Waals surface area contributed by atoms with Crippen molar-refractivity contribution in [2.24, 2.45) is 0 Å². The predicted molar refractivity (Wildman–Crippen MR) is 61.7 cm³/mol. The molecule has 0 saturated heterocycles. The van der Waals surface area contributed by atoms with Crippen molar-refractivity contribution in [3.63, 3.8) is 0 Å². The van der Waals surface area contributed by atoms with Gasteiger partial charge in [-0.1, -0.05) is 48.9 Å². The summed E-state index contributed by atoms with van der Waals surface area (Å²) in [6.45, 7) is 4.25. The van der Waals surface area contributed by atoms with E-state index in [-0.39, 0.29) is 0 Å². The lowest BCUT2D eigenvalue weighted by atomic mass is 10.4. The standard InChI is InChI=1S/C12H14Si/c1-3-4-8-11-13(2)12-9-6-5-7-10-12/h3-7,9-10,13H,1-2H3. The summed E-state index contributed by atoms with van der Waals surface area (Å²) in [6, 6.07) is 10.5. The normalized spacial score (nSPS) is 12.2. The maximum Gasteiger partial charge on any atom is 0.150 e. The molecule has 1 atom stereocenters. The monoisotopic (exact) mass is 186 g/mol. The zero-order valence-electron chi connectivity index (χ0n) is 8.12.